The maximum absolute atomic E-state index is 3.63. The number of rotatable bonds is 5. The first-order valence-corrected chi connectivity index (χ1v) is 7.32. The molecule has 0 aromatic carbocycles. The molecule has 0 spiro atoms. The van der Waals surface area contributed by atoms with Gasteiger partial charge in [0.15, 0.2) is 0 Å². The van der Waals surface area contributed by atoms with Crippen molar-refractivity contribution >= 4 is 0 Å². The lowest BCUT2D eigenvalue weighted by atomic mass is 9.82. The first-order valence-electron chi connectivity index (χ1n) is 7.32. The van der Waals surface area contributed by atoms with Crippen LogP contribution in [0.3, 0.4) is 0 Å². The average Bonchev–Trinajstić information content (AvgIpc) is 2.25. The molecule has 0 bridgehead atoms. The Morgan fingerprint density at radius 2 is 2.00 bits per heavy atom. The molecule has 0 aromatic rings. The van der Waals surface area contributed by atoms with Gasteiger partial charge in [-0.1, -0.05) is 34.1 Å². The summed E-state index contributed by atoms with van der Waals surface area (Å²) in [5.41, 5.74) is 0.425. The van der Waals surface area contributed by atoms with Gasteiger partial charge in [0.2, 0.25) is 0 Å². The average molecular weight is 240 g/mol. The minimum absolute atomic E-state index is 0.425. The fourth-order valence-corrected chi connectivity index (χ4v) is 2.40. The standard InChI is InChI=1S/C15H32N2/c1-13(15(2,3)4)12-16-10-9-14-8-6-7-11-17(14)5/h13-14,16H,6-12H2,1-5H3. The summed E-state index contributed by atoms with van der Waals surface area (Å²) in [5, 5.41) is 3.63. The first kappa shape index (κ1) is 15.0. The van der Waals surface area contributed by atoms with Crippen LogP contribution in [0.2, 0.25) is 0 Å². The van der Waals surface area contributed by atoms with Gasteiger partial charge in [-0.25, -0.2) is 0 Å². The summed E-state index contributed by atoms with van der Waals surface area (Å²) in [6.45, 7) is 13.0. The van der Waals surface area contributed by atoms with Gasteiger partial charge in [0.1, 0.15) is 0 Å². The highest BCUT2D eigenvalue weighted by atomic mass is 15.1. The maximum atomic E-state index is 3.63. The lowest BCUT2D eigenvalue weighted by Crippen LogP contribution is -2.39. The van der Waals surface area contributed by atoms with Crippen LogP contribution in [0, 0.1) is 11.3 Å². The number of likely N-dealkylation sites (tertiary alicyclic amines) is 1. The molecule has 2 unspecified atom stereocenters. The second-order valence-corrected chi connectivity index (χ2v) is 6.89. The van der Waals surface area contributed by atoms with Crippen molar-refractivity contribution < 1.29 is 0 Å². The van der Waals surface area contributed by atoms with Gasteiger partial charge < -0.3 is 10.2 Å². The molecular formula is C15H32N2. The van der Waals surface area contributed by atoms with E-state index in [2.05, 4.69) is 45.0 Å². The smallest absolute Gasteiger partial charge is 0.0104 e. The Balaban J connectivity index is 2.11. The lowest BCUT2D eigenvalue weighted by molar-refractivity contribution is 0.173. The van der Waals surface area contributed by atoms with Gasteiger partial charge in [0, 0.05) is 6.04 Å². The highest BCUT2D eigenvalue weighted by Gasteiger charge is 2.20. The zero-order valence-electron chi connectivity index (χ0n) is 12.6. The van der Waals surface area contributed by atoms with E-state index in [0.29, 0.717) is 5.41 Å². The molecule has 0 amide bonds. The monoisotopic (exact) mass is 240 g/mol. The number of piperidine rings is 1. The molecule has 102 valence electrons. The van der Waals surface area contributed by atoms with Crippen molar-refractivity contribution in [2.45, 2.75) is 59.4 Å². The zero-order chi connectivity index (χ0) is 12.9. The van der Waals surface area contributed by atoms with Crippen LogP contribution in [-0.4, -0.2) is 37.6 Å². The van der Waals surface area contributed by atoms with E-state index in [1.54, 1.807) is 0 Å². The van der Waals surface area contributed by atoms with E-state index >= 15 is 0 Å². The molecule has 2 nitrogen and oxygen atoms in total. The fraction of sp³-hybridized carbons (Fsp3) is 1.00. The molecule has 17 heavy (non-hydrogen) atoms. The van der Waals surface area contributed by atoms with Gasteiger partial charge in [-0.15, -0.1) is 0 Å². The molecular weight excluding hydrogens is 208 g/mol. The number of nitrogens with zero attached hydrogens (tertiary/aromatic N) is 1. The van der Waals surface area contributed by atoms with Gasteiger partial charge in [0.05, 0.1) is 0 Å². The Morgan fingerprint density at radius 3 is 2.59 bits per heavy atom. The summed E-state index contributed by atoms with van der Waals surface area (Å²) in [6, 6.07) is 0.821. The molecule has 1 heterocycles. The van der Waals surface area contributed by atoms with Crippen LogP contribution < -0.4 is 5.32 Å². The highest BCUT2D eigenvalue weighted by Crippen LogP contribution is 2.24. The molecule has 2 heteroatoms. The molecule has 1 aliphatic heterocycles. The van der Waals surface area contributed by atoms with Crippen molar-refractivity contribution in [3.8, 4) is 0 Å². The molecule has 1 saturated heterocycles. The van der Waals surface area contributed by atoms with Crippen LogP contribution in [0.4, 0.5) is 0 Å². The SMILES string of the molecule is CC(CNCCC1CCCCN1C)C(C)(C)C. The summed E-state index contributed by atoms with van der Waals surface area (Å²) >= 11 is 0. The van der Waals surface area contributed by atoms with E-state index in [9.17, 15) is 0 Å². The van der Waals surface area contributed by atoms with Crippen LogP contribution in [-0.2, 0) is 0 Å². The summed E-state index contributed by atoms with van der Waals surface area (Å²) in [7, 11) is 2.28. The predicted molar refractivity (Wildman–Crippen MR) is 76.4 cm³/mol. The number of hydrogen-bond donors (Lipinski definition) is 1. The third-order valence-electron chi connectivity index (χ3n) is 4.50. The number of hydrogen-bond acceptors (Lipinski definition) is 2. The van der Waals surface area contributed by atoms with E-state index in [1.165, 1.54) is 38.8 Å². The molecule has 1 aliphatic rings. The largest absolute Gasteiger partial charge is 0.316 e. The molecule has 0 radical (unpaired) electrons. The van der Waals surface area contributed by atoms with Crippen LogP contribution in [0.25, 0.3) is 0 Å². The Kier molecular flexibility index (Phi) is 5.94. The van der Waals surface area contributed by atoms with E-state index in [0.717, 1.165) is 18.5 Å². The summed E-state index contributed by atoms with van der Waals surface area (Å²) in [5.74, 6) is 0.742. The molecule has 0 aromatic heterocycles. The van der Waals surface area contributed by atoms with Gasteiger partial charge in [0.25, 0.3) is 0 Å². The maximum Gasteiger partial charge on any atom is 0.0104 e. The van der Waals surface area contributed by atoms with Crippen molar-refractivity contribution in [2.24, 2.45) is 11.3 Å². The fourth-order valence-electron chi connectivity index (χ4n) is 2.40. The predicted octanol–water partition coefficient (Wildman–Crippen LogP) is 3.13. The summed E-state index contributed by atoms with van der Waals surface area (Å²) < 4.78 is 0. The summed E-state index contributed by atoms with van der Waals surface area (Å²) in [6.07, 6.45) is 5.52. The first-order chi connectivity index (χ1) is 7.91. The third kappa shape index (κ3) is 5.39. The molecule has 2 atom stereocenters. The second-order valence-electron chi connectivity index (χ2n) is 6.89. The minimum Gasteiger partial charge on any atom is -0.316 e. The van der Waals surface area contributed by atoms with Crippen molar-refractivity contribution in [3.63, 3.8) is 0 Å². The highest BCUT2D eigenvalue weighted by molar-refractivity contribution is 4.76. The zero-order valence-corrected chi connectivity index (χ0v) is 12.6. The van der Waals surface area contributed by atoms with Crippen molar-refractivity contribution in [1.29, 1.82) is 0 Å². The molecule has 0 aliphatic carbocycles. The quantitative estimate of drug-likeness (QED) is 0.743. The molecule has 1 rings (SSSR count). The van der Waals surface area contributed by atoms with Gasteiger partial charge >= 0.3 is 0 Å². The van der Waals surface area contributed by atoms with E-state index in [1.807, 2.05) is 0 Å². The Bertz CT molecular complexity index is 207. The Labute approximate surface area is 108 Å². The molecule has 0 saturated carbocycles. The van der Waals surface area contributed by atoms with E-state index in [4.69, 9.17) is 0 Å². The number of nitrogens with one attached hydrogen (secondary N) is 1. The Morgan fingerprint density at radius 1 is 1.29 bits per heavy atom. The van der Waals surface area contributed by atoms with E-state index < -0.39 is 0 Å². The van der Waals surface area contributed by atoms with Crippen LogP contribution in [0.15, 0.2) is 0 Å². The Hall–Kier alpha value is -0.0800. The third-order valence-corrected chi connectivity index (χ3v) is 4.50. The normalized spacial score (nSPS) is 24.9. The van der Waals surface area contributed by atoms with Gasteiger partial charge in [-0.3, -0.25) is 0 Å². The molecule has 1 N–H and O–H groups in total. The molecule has 1 fully saturated rings. The lowest BCUT2D eigenvalue weighted by Gasteiger charge is -2.33. The summed E-state index contributed by atoms with van der Waals surface area (Å²) in [4.78, 5) is 2.54. The van der Waals surface area contributed by atoms with Crippen molar-refractivity contribution in [3.05, 3.63) is 0 Å². The van der Waals surface area contributed by atoms with E-state index in [-0.39, 0.29) is 0 Å². The van der Waals surface area contributed by atoms with Crippen LogP contribution >= 0.6 is 0 Å². The second kappa shape index (κ2) is 6.75. The topological polar surface area (TPSA) is 15.3 Å². The van der Waals surface area contributed by atoms with Crippen molar-refractivity contribution in [2.75, 3.05) is 26.7 Å². The van der Waals surface area contributed by atoms with Gasteiger partial charge in [-0.05, 0) is 57.3 Å². The van der Waals surface area contributed by atoms with Crippen molar-refractivity contribution in [1.82, 2.24) is 10.2 Å². The van der Waals surface area contributed by atoms with Crippen LogP contribution in [0.1, 0.15) is 53.4 Å². The minimum atomic E-state index is 0.425. The van der Waals surface area contributed by atoms with Crippen LogP contribution in [0.5, 0.6) is 0 Å². The van der Waals surface area contributed by atoms with Gasteiger partial charge in [-0.2, -0.15) is 0 Å².